The van der Waals surface area contributed by atoms with Crippen LogP contribution in [0.25, 0.3) is 0 Å². The average molecular weight is 891 g/mol. The van der Waals surface area contributed by atoms with Crippen LogP contribution in [0.1, 0.15) is 195 Å². The summed E-state index contributed by atoms with van der Waals surface area (Å²) in [5, 5.41) is -4.68. The molecule has 0 spiro atoms. The maximum atomic E-state index is 13.3. The molecule has 334 valence electrons. The molecule has 0 radical (unpaired) electrons. The van der Waals surface area contributed by atoms with Gasteiger partial charge in [-0.2, -0.15) is 16.8 Å². The SMILES string of the molecule is CCCCCCCCOC(=O)CC(C(=O)OCCCCCCCC)S(=O)(=O)OOS(=O)(=O)C(CC(=O)OCCCCCCCC)C(=O)OCCCCCCCC.[NaH].[NaH]. The molecule has 0 aliphatic rings. The van der Waals surface area contributed by atoms with Gasteiger partial charge in [0.2, 0.25) is 0 Å². The van der Waals surface area contributed by atoms with Gasteiger partial charge in [0.05, 0.1) is 39.3 Å². The zero-order chi connectivity index (χ0) is 41.9. The van der Waals surface area contributed by atoms with Gasteiger partial charge in [0.25, 0.3) is 0 Å². The molecular weight excluding hydrogens is 815 g/mol. The van der Waals surface area contributed by atoms with Crippen LogP contribution in [0.5, 0.6) is 0 Å². The number of esters is 4. The van der Waals surface area contributed by atoms with E-state index in [2.05, 4.69) is 36.4 Å². The second-order valence-corrected chi connectivity index (χ2v) is 17.7. The molecule has 14 nitrogen and oxygen atoms in total. The van der Waals surface area contributed by atoms with Gasteiger partial charge in [0.1, 0.15) is 0 Å². The molecule has 0 saturated heterocycles. The normalized spacial score (nSPS) is 12.4. The Kier molecular flexibility index (Phi) is 43.6. The van der Waals surface area contributed by atoms with E-state index in [1.165, 1.54) is 0 Å². The molecule has 2 atom stereocenters. The minimum atomic E-state index is -5.34. The molecule has 0 amide bonds. The summed E-state index contributed by atoms with van der Waals surface area (Å²) in [4.78, 5) is 51.5. The predicted octanol–water partition coefficient (Wildman–Crippen LogP) is 7.43. The van der Waals surface area contributed by atoms with E-state index in [4.69, 9.17) is 18.9 Å². The first-order valence-corrected chi connectivity index (χ1v) is 24.3. The maximum absolute atomic E-state index is 13.3. The van der Waals surface area contributed by atoms with E-state index in [0.29, 0.717) is 25.7 Å². The van der Waals surface area contributed by atoms with E-state index >= 15 is 0 Å². The Labute approximate surface area is 395 Å². The van der Waals surface area contributed by atoms with E-state index in [9.17, 15) is 36.0 Å². The number of carbonyl (C=O) groups excluding carboxylic acids is 4. The average Bonchev–Trinajstić information content (AvgIpc) is 3.16. The Morgan fingerprint density at radius 1 is 0.362 bits per heavy atom. The van der Waals surface area contributed by atoms with Crippen LogP contribution in [0, 0.1) is 0 Å². The van der Waals surface area contributed by atoms with Gasteiger partial charge < -0.3 is 18.9 Å². The fourth-order valence-corrected chi connectivity index (χ4v) is 7.73. The van der Waals surface area contributed by atoms with E-state index in [1.807, 2.05) is 0 Å². The summed E-state index contributed by atoms with van der Waals surface area (Å²) in [5.41, 5.74) is 0. The topological polar surface area (TPSA) is 192 Å². The number of unbranched alkanes of at least 4 members (excludes halogenated alkanes) is 20. The molecule has 0 fully saturated rings. The summed E-state index contributed by atoms with van der Waals surface area (Å²) < 4.78 is 82.7. The van der Waals surface area contributed by atoms with Crippen LogP contribution in [0.3, 0.4) is 0 Å². The monoisotopic (exact) mass is 890 g/mol. The van der Waals surface area contributed by atoms with Crippen molar-refractivity contribution in [3.05, 3.63) is 0 Å². The van der Waals surface area contributed by atoms with E-state index in [1.54, 1.807) is 0 Å². The molecule has 58 heavy (non-hydrogen) atoms. The van der Waals surface area contributed by atoms with Crippen molar-refractivity contribution in [1.29, 1.82) is 0 Å². The number of hydrogen-bond acceptors (Lipinski definition) is 14. The molecule has 0 saturated carbocycles. The second kappa shape index (κ2) is 40.8. The third-order valence-corrected chi connectivity index (χ3v) is 11.9. The van der Waals surface area contributed by atoms with Crippen molar-refractivity contribution in [2.24, 2.45) is 0 Å². The molecule has 0 aliphatic heterocycles. The Balaban J connectivity index is -0.0000151. The number of carbonyl (C=O) groups is 4. The first kappa shape index (κ1) is 62.0. The molecule has 2 unspecified atom stereocenters. The third kappa shape index (κ3) is 33.3. The molecule has 0 aromatic carbocycles. The summed E-state index contributed by atoms with van der Waals surface area (Å²) in [7, 11) is -10.7. The fraction of sp³-hybridized carbons (Fsp3) is 0.900. The van der Waals surface area contributed by atoms with E-state index < -0.39 is 67.5 Å². The molecule has 0 N–H and O–H groups in total. The van der Waals surface area contributed by atoms with Gasteiger partial charge in [-0.25, -0.2) is 0 Å². The Morgan fingerprint density at radius 2 is 0.586 bits per heavy atom. The fourth-order valence-electron chi connectivity index (χ4n) is 5.63. The molecule has 0 heterocycles. The van der Waals surface area contributed by atoms with Gasteiger partial charge >= 0.3 is 103 Å². The molecule has 0 bridgehead atoms. The van der Waals surface area contributed by atoms with Gasteiger partial charge in [-0.05, 0) is 25.7 Å². The molecular formula is C40H76Na2O14S2. The Hall–Kier alpha value is -0.300. The van der Waals surface area contributed by atoms with Crippen LogP contribution in [0.4, 0.5) is 0 Å². The van der Waals surface area contributed by atoms with E-state index in [-0.39, 0.29) is 85.5 Å². The predicted molar refractivity (Wildman–Crippen MR) is 228 cm³/mol. The van der Waals surface area contributed by atoms with Crippen LogP contribution in [0.15, 0.2) is 0 Å². The van der Waals surface area contributed by atoms with Crippen molar-refractivity contribution in [3.8, 4) is 0 Å². The van der Waals surface area contributed by atoms with Crippen LogP contribution in [0.2, 0.25) is 0 Å². The summed E-state index contributed by atoms with van der Waals surface area (Å²) in [6.07, 6.45) is 19.1. The number of ether oxygens (including phenoxy) is 4. The molecule has 18 heteroatoms. The Bertz CT molecular complexity index is 1170. The van der Waals surface area contributed by atoms with Crippen molar-refractivity contribution >= 4 is 103 Å². The summed E-state index contributed by atoms with van der Waals surface area (Å²) in [6.45, 7) is 8.04. The first-order valence-electron chi connectivity index (χ1n) is 21.4. The van der Waals surface area contributed by atoms with E-state index in [0.717, 1.165) is 128 Å². The molecule has 0 aromatic rings. The van der Waals surface area contributed by atoms with Gasteiger partial charge in [-0.15, -0.1) is 0 Å². The molecule has 0 rings (SSSR count). The van der Waals surface area contributed by atoms with Crippen LogP contribution in [-0.2, 0) is 67.0 Å². The summed E-state index contributed by atoms with van der Waals surface area (Å²) in [6, 6.07) is 0. The van der Waals surface area contributed by atoms with Crippen molar-refractivity contribution in [2.45, 2.75) is 205 Å². The first-order chi connectivity index (χ1) is 26.9. The van der Waals surface area contributed by atoms with Crippen LogP contribution < -0.4 is 0 Å². The van der Waals surface area contributed by atoms with Gasteiger partial charge in [0, 0.05) is 0 Å². The van der Waals surface area contributed by atoms with Crippen LogP contribution in [-0.4, -0.2) is 137 Å². The quantitative estimate of drug-likeness (QED) is 0.0148. The zero-order valence-electron chi connectivity index (χ0n) is 34.9. The number of rotatable bonds is 39. The van der Waals surface area contributed by atoms with Gasteiger partial charge in [0.15, 0.2) is 10.5 Å². The van der Waals surface area contributed by atoms with Crippen molar-refractivity contribution in [3.63, 3.8) is 0 Å². The van der Waals surface area contributed by atoms with Gasteiger partial charge in [-0.3, -0.25) is 19.2 Å². The summed E-state index contributed by atoms with van der Waals surface area (Å²) in [5.74, 6) is -4.80. The third-order valence-electron chi connectivity index (χ3n) is 9.15. The zero-order valence-corrected chi connectivity index (χ0v) is 36.5. The Morgan fingerprint density at radius 3 is 0.845 bits per heavy atom. The van der Waals surface area contributed by atoms with Gasteiger partial charge in [-0.1, -0.05) is 165 Å². The standard InChI is InChI=1S/C40H74O14S2.2Na.2H/c1-5-9-13-17-21-25-29-49-37(41)33-35(39(43)51-31-27-23-19-15-11-7-3)55(45,46)53-54-56(47,48)36(40(44)52-32-28-24-20-16-12-8-4)34-38(42)50-30-26-22-18-14-10-6-2;;;;/h35-36H,5-34H2,1-4H3;;;;. The van der Waals surface area contributed by atoms with Crippen LogP contribution >= 0.6 is 0 Å². The van der Waals surface area contributed by atoms with Crippen molar-refractivity contribution < 1.29 is 63.6 Å². The van der Waals surface area contributed by atoms with Crippen molar-refractivity contribution in [2.75, 3.05) is 26.4 Å². The van der Waals surface area contributed by atoms with Crippen molar-refractivity contribution in [1.82, 2.24) is 0 Å². The number of hydrogen-bond donors (Lipinski definition) is 0. The summed E-state index contributed by atoms with van der Waals surface area (Å²) >= 11 is 0. The molecule has 0 aromatic heterocycles. The minimum absolute atomic E-state index is 0. The molecule has 0 aliphatic carbocycles. The second-order valence-electron chi connectivity index (χ2n) is 14.4.